The molecule has 1 aromatic heterocycles. The molecular weight excluding hydrogens is 264 g/mol. The lowest BCUT2D eigenvalue weighted by Crippen LogP contribution is -2.36. The molecule has 4 nitrogen and oxygen atoms in total. The lowest BCUT2D eigenvalue weighted by atomic mass is 10.1. The van der Waals surface area contributed by atoms with Crippen LogP contribution in [-0.2, 0) is 18.3 Å². The van der Waals surface area contributed by atoms with Crippen molar-refractivity contribution >= 4 is 16.8 Å². The molecule has 1 unspecified atom stereocenters. The van der Waals surface area contributed by atoms with E-state index in [1.165, 1.54) is 0 Å². The molecule has 1 aromatic carbocycles. The number of para-hydroxylation sites is 1. The Hall–Kier alpha value is -1.81. The molecule has 1 amide bonds. The molecule has 0 radical (unpaired) electrons. The minimum absolute atomic E-state index is 0.0612. The lowest BCUT2D eigenvalue weighted by Gasteiger charge is -2.20. The number of benzene rings is 1. The molecule has 1 atom stereocenters. The number of aryl methyl sites for hydroxylation is 1. The number of nitrogens with zero attached hydrogens (tertiary/aromatic N) is 2. The fourth-order valence-corrected chi connectivity index (χ4v) is 2.88. The number of aromatic nitrogens is 1. The summed E-state index contributed by atoms with van der Waals surface area (Å²) < 4.78 is 2.05. The number of hydrogen-bond acceptors (Lipinski definition) is 2. The van der Waals surface area contributed by atoms with Crippen LogP contribution in [0, 0.1) is 5.92 Å². The summed E-state index contributed by atoms with van der Waals surface area (Å²) in [4.78, 5) is 14.0. The summed E-state index contributed by atoms with van der Waals surface area (Å²) in [6.07, 6.45) is 4.22. The molecule has 1 heterocycles. The standard InChI is InChI=1S/C17H22N2O2/c1-18-10-13(14-5-3-4-6-15(14)18)9-17(21)19(2)11-16(20)12-7-8-12/h3-6,10,12,16,20H,7-9,11H2,1-2H3. The Morgan fingerprint density at radius 1 is 1.43 bits per heavy atom. The van der Waals surface area contributed by atoms with Gasteiger partial charge in [0.25, 0.3) is 0 Å². The van der Waals surface area contributed by atoms with Crippen molar-refractivity contribution in [3.63, 3.8) is 0 Å². The highest BCUT2D eigenvalue weighted by Crippen LogP contribution is 2.32. The van der Waals surface area contributed by atoms with Crippen LogP contribution >= 0.6 is 0 Å². The van der Waals surface area contributed by atoms with Crippen molar-refractivity contribution in [1.29, 1.82) is 0 Å². The zero-order valence-electron chi connectivity index (χ0n) is 12.6. The van der Waals surface area contributed by atoms with Gasteiger partial charge in [-0.25, -0.2) is 0 Å². The predicted molar refractivity (Wildman–Crippen MR) is 83.0 cm³/mol. The zero-order chi connectivity index (χ0) is 15.0. The molecule has 1 N–H and O–H groups in total. The van der Waals surface area contributed by atoms with Crippen molar-refractivity contribution in [2.45, 2.75) is 25.4 Å². The molecular formula is C17H22N2O2. The van der Waals surface area contributed by atoms with Crippen molar-refractivity contribution in [3.05, 3.63) is 36.0 Å². The first-order valence-corrected chi connectivity index (χ1v) is 7.51. The van der Waals surface area contributed by atoms with Crippen LogP contribution < -0.4 is 0 Å². The smallest absolute Gasteiger partial charge is 0.226 e. The van der Waals surface area contributed by atoms with Crippen LogP contribution in [-0.4, -0.2) is 40.2 Å². The van der Waals surface area contributed by atoms with Gasteiger partial charge in [-0.15, -0.1) is 0 Å². The highest BCUT2D eigenvalue weighted by molar-refractivity contribution is 5.89. The van der Waals surface area contributed by atoms with Gasteiger partial charge in [0, 0.05) is 37.7 Å². The molecule has 0 spiro atoms. The summed E-state index contributed by atoms with van der Waals surface area (Å²) in [6, 6.07) is 8.11. The van der Waals surface area contributed by atoms with Gasteiger partial charge in [0.15, 0.2) is 0 Å². The van der Waals surface area contributed by atoms with Gasteiger partial charge in [-0.05, 0) is 30.4 Å². The van der Waals surface area contributed by atoms with Gasteiger partial charge in [0.2, 0.25) is 5.91 Å². The van der Waals surface area contributed by atoms with Crippen molar-refractivity contribution in [2.24, 2.45) is 13.0 Å². The van der Waals surface area contributed by atoms with Gasteiger partial charge in [-0.2, -0.15) is 0 Å². The first kappa shape index (κ1) is 14.1. The predicted octanol–water partition coefficient (Wildman–Crippen LogP) is 1.95. The van der Waals surface area contributed by atoms with E-state index in [9.17, 15) is 9.90 Å². The number of likely N-dealkylation sites (N-methyl/N-ethyl adjacent to an activating group) is 1. The Labute approximate surface area is 125 Å². The third-order valence-electron chi connectivity index (χ3n) is 4.37. The largest absolute Gasteiger partial charge is 0.391 e. The molecule has 0 saturated heterocycles. The van der Waals surface area contributed by atoms with Crippen LogP contribution in [0.15, 0.2) is 30.5 Å². The molecule has 3 rings (SSSR count). The molecule has 4 heteroatoms. The Bertz CT molecular complexity index is 658. The third kappa shape index (κ3) is 2.95. The Morgan fingerprint density at radius 3 is 2.86 bits per heavy atom. The average Bonchev–Trinajstić information content (AvgIpc) is 3.26. The van der Waals surface area contributed by atoms with Gasteiger partial charge < -0.3 is 14.6 Å². The van der Waals surface area contributed by atoms with Crippen molar-refractivity contribution in [3.8, 4) is 0 Å². The number of aliphatic hydroxyl groups is 1. The second-order valence-corrected chi connectivity index (χ2v) is 6.14. The van der Waals surface area contributed by atoms with Gasteiger partial charge in [0.1, 0.15) is 0 Å². The zero-order valence-corrected chi connectivity index (χ0v) is 12.6. The Morgan fingerprint density at radius 2 is 2.14 bits per heavy atom. The Kier molecular flexibility index (Phi) is 3.72. The molecule has 112 valence electrons. The average molecular weight is 286 g/mol. The van der Waals surface area contributed by atoms with Crippen LogP contribution in [0.3, 0.4) is 0 Å². The maximum absolute atomic E-state index is 12.3. The van der Waals surface area contributed by atoms with E-state index in [4.69, 9.17) is 0 Å². The molecule has 0 aliphatic heterocycles. The number of carbonyl (C=O) groups excluding carboxylic acids is 1. The van der Waals surface area contributed by atoms with Crippen molar-refractivity contribution < 1.29 is 9.90 Å². The highest BCUT2D eigenvalue weighted by atomic mass is 16.3. The maximum Gasteiger partial charge on any atom is 0.226 e. The lowest BCUT2D eigenvalue weighted by molar-refractivity contribution is -0.130. The number of rotatable bonds is 5. The van der Waals surface area contributed by atoms with E-state index in [1.807, 2.05) is 25.4 Å². The molecule has 1 fully saturated rings. The number of aliphatic hydroxyl groups excluding tert-OH is 1. The van der Waals surface area contributed by atoms with Crippen molar-refractivity contribution in [2.75, 3.05) is 13.6 Å². The van der Waals surface area contributed by atoms with E-state index in [-0.39, 0.29) is 12.0 Å². The third-order valence-corrected chi connectivity index (χ3v) is 4.37. The summed E-state index contributed by atoms with van der Waals surface area (Å²) in [6.45, 7) is 0.439. The maximum atomic E-state index is 12.3. The first-order valence-electron chi connectivity index (χ1n) is 7.51. The van der Waals surface area contributed by atoms with Crippen LogP contribution in [0.1, 0.15) is 18.4 Å². The van der Waals surface area contributed by atoms with Crippen LogP contribution in [0.5, 0.6) is 0 Å². The van der Waals surface area contributed by atoms with Crippen molar-refractivity contribution in [1.82, 2.24) is 9.47 Å². The minimum atomic E-state index is -0.369. The molecule has 21 heavy (non-hydrogen) atoms. The van der Waals surface area contributed by atoms with Crippen LogP contribution in [0.4, 0.5) is 0 Å². The van der Waals surface area contributed by atoms with Crippen LogP contribution in [0.25, 0.3) is 10.9 Å². The fourth-order valence-electron chi connectivity index (χ4n) is 2.88. The summed E-state index contributed by atoms with van der Waals surface area (Å²) in [5.74, 6) is 0.462. The monoisotopic (exact) mass is 286 g/mol. The summed E-state index contributed by atoms with van der Waals surface area (Å²) in [7, 11) is 3.77. The first-order chi connectivity index (χ1) is 10.1. The van der Waals surface area contributed by atoms with E-state index in [1.54, 1.807) is 11.9 Å². The number of carbonyl (C=O) groups is 1. The summed E-state index contributed by atoms with van der Waals surface area (Å²) in [5.41, 5.74) is 2.19. The Balaban J connectivity index is 1.70. The SMILES string of the molecule is CN(CC(O)C1CC1)C(=O)Cc1cn(C)c2ccccc12. The van der Waals surface area contributed by atoms with Gasteiger partial charge >= 0.3 is 0 Å². The van der Waals surface area contributed by atoms with Gasteiger partial charge in [-0.3, -0.25) is 4.79 Å². The molecule has 1 saturated carbocycles. The number of hydrogen-bond donors (Lipinski definition) is 1. The molecule has 2 aromatic rings. The normalized spacial score (nSPS) is 16.1. The summed E-state index contributed by atoms with van der Waals surface area (Å²) in [5, 5.41) is 11.1. The fraction of sp³-hybridized carbons (Fsp3) is 0.471. The molecule has 0 bridgehead atoms. The van der Waals surface area contributed by atoms with Gasteiger partial charge in [0.05, 0.1) is 12.5 Å². The van der Waals surface area contributed by atoms with E-state index >= 15 is 0 Å². The van der Waals surface area contributed by atoms with Gasteiger partial charge in [-0.1, -0.05) is 18.2 Å². The summed E-state index contributed by atoms with van der Waals surface area (Å²) >= 11 is 0. The second-order valence-electron chi connectivity index (χ2n) is 6.14. The molecule has 1 aliphatic carbocycles. The molecule has 1 aliphatic rings. The van der Waals surface area contributed by atoms with E-state index in [0.717, 1.165) is 29.3 Å². The number of fused-ring (bicyclic) bond motifs is 1. The van der Waals surface area contributed by atoms with E-state index in [2.05, 4.69) is 16.7 Å². The number of amides is 1. The minimum Gasteiger partial charge on any atom is -0.391 e. The van der Waals surface area contributed by atoms with Crippen LogP contribution in [0.2, 0.25) is 0 Å². The quantitative estimate of drug-likeness (QED) is 0.913. The second kappa shape index (κ2) is 5.53. The highest BCUT2D eigenvalue weighted by Gasteiger charge is 2.31. The van der Waals surface area contributed by atoms with E-state index < -0.39 is 0 Å². The van der Waals surface area contributed by atoms with E-state index in [0.29, 0.717) is 18.9 Å². The topological polar surface area (TPSA) is 45.5 Å².